The Bertz CT molecular complexity index is 1050. The minimum Gasteiger partial charge on any atom is -0.364 e. The Hall–Kier alpha value is -2.96. The van der Waals surface area contributed by atoms with Crippen molar-refractivity contribution in [1.29, 1.82) is 0 Å². The Morgan fingerprint density at radius 3 is 2.76 bits per heavy atom. The molecule has 0 bridgehead atoms. The van der Waals surface area contributed by atoms with Gasteiger partial charge in [0.25, 0.3) is 0 Å². The lowest BCUT2D eigenvalue weighted by molar-refractivity contribution is 0.366. The second-order valence-corrected chi connectivity index (χ2v) is 7.19. The van der Waals surface area contributed by atoms with Crippen molar-refractivity contribution in [2.75, 3.05) is 5.32 Å². The van der Waals surface area contributed by atoms with Gasteiger partial charge in [0.15, 0.2) is 5.65 Å². The minimum absolute atomic E-state index is 0.132. The van der Waals surface area contributed by atoms with Crippen LogP contribution in [0, 0.1) is 6.92 Å². The van der Waals surface area contributed by atoms with E-state index in [0.717, 1.165) is 33.8 Å². The molecule has 0 aromatic carbocycles. The highest BCUT2D eigenvalue weighted by Crippen LogP contribution is 2.24. The van der Waals surface area contributed by atoms with Crippen LogP contribution in [0.3, 0.4) is 0 Å². The minimum atomic E-state index is -0.132. The first kappa shape index (κ1) is 15.6. The summed E-state index contributed by atoms with van der Waals surface area (Å²) in [7, 11) is 0. The molecular weight excluding hydrogens is 314 g/mol. The van der Waals surface area contributed by atoms with Gasteiger partial charge in [0.1, 0.15) is 17.8 Å². The molecule has 1 N–H and O–H groups in total. The molecule has 0 aliphatic rings. The van der Waals surface area contributed by atoms with Crippen LogP contribution >= 0.6 is 0 Å². The zero-order chi connectivity index (χ0) is 17.6. The molecule has 0 aliphatic carbocycles. The molecule has 0 saturated heterocycles. The number of aryl methyl sites for hydroxylation is 1. The largest absolute Gasteiger partial charge is 0.364 e. The zero-order valence-corrected chi connectivity index (χ0v) is 14.9. The van der Waals surface area contributed by atoms with Crippen LogP contribution in [-0.4, -0.2) is 29.1 Å². The monoisotopic (exact) mass is 335 g/mol. The summed E-state index contributed by atoms with van der Waals surface area (Å²) in [6, 6.07) is 4.09. The van der Waals surface area contributed by atoms with Crippen LogP contribution in [0.1, 0.15) is 32.0 Å². The van der Waals surface area contributed by atoms with Gasteiger partial charge in [-0.25, -0.2) is 19.6 Å². The number of pyridine rings is 1. The topological polar surface area (TPSA) is 72.9 Å². The molecule has 4 aromatic rings. The number of imidazole rings is 1. The molecular formula is C18H21N7. The Labute approximate surface area is 145 Å². The van der Waals surface area contributed by atoms with Crippen molar-refractivity contribution in [1.82, 2.24) is 29.1 Å². The number of rotatable bonds is 3. The van der Waals surface area contributed by atoms with E-state index in [4.69, 9.17) is 0 Å². The number of anilines is 1. The second kappa shape index (κ2) is 5.54. The van der Waals surface area contributed by atoms with E-state index in [1.165, 1.54) is 0 Å². The van der Waals surface area contributed by atoms with E-state index in [1.807, 2.05) is 33.7 Å². The molecule has 4 aromatic heterocycles. The van der Waals surface area contributed by atoms with E-state index in [2.05, 4.69) is 59.1 Å². The predicted molar refractivity (Wildman–Crippen MR) is 97.6 cm³/mol. The van der Waals surface area contributed by atoms with Crippen molar-refractivity contribution >= 4 is 22.5 Å². The Morgan fingerprint density at radius 1 is 1.16 bits per heavy atom. The molecule has 4 heterocycles. The van der Waals surface area contributed by atoms with Gasteiger partial charge >= 0.3 is 0 Å². The average Bonchev–Trinajstić information content (AvgIpc) is 3.17. The second-order valence-electron chi connectivity index (χ2n) is 7.19. The summed E-state index contributed by atoms with van der Waals surface area (Å²) >= 11 is 0. The van der Waals surface area contributed by atoms with Gasteiger partial charge in [-0.1, -0.05) is 6.07 Å². The van der Waals surface area contributed by atoms with E-state index in [1.54, 1.807) is 6.33 Å². The van der Waals surface area contributed by atoms with Gasteiger partial charge in [-0.05, 0) is 39.3 Å². The summed E-state index contributed by atoms with van der Waals surface area (Å²) in [5.74, 6) is 0.772. The van der Waals surface area contributed by atoms with Crippen molar-refractivity contribution < 1.29 is 0 Å². The van der Waals surface area contributed by atoms with E-state index in [-0.39, 0.29) is 5.54 Å². The zero-order valence-electron chi connectivity index (χ0n) is 14.9. The molecule has 0 amide bonds. The maximum absolute atomic E-state index is 4.69. The highest BCUT2D eigenvalue weighted by molar-refractivity contribution is 5.86. The normalized spacial score (nSPS) is 12.2. The van der Waals surface area contributed by atoms with Crippen molar-refractivity contribution in [2.24, 2.45) is 0 Å². The molecule has 0 spiro atoms. The number of nitrogens with zero attached hydrogens (tertiary/aromatic N) is 6. The highest BCUT2D eigenvalue weighted by atomic mass is 15.3. The van der Waals surface area contributed by atoms with E-state index < -0.39 is 0 Å². The number of hydrogen-bond donors (Lipinski definition) is 1. The number of hydrogen-bond acceptors (Lipinski definition) is 5. The standard InChI is InChI=1S/C18H21N7/c1-12-6-5-7-24-10-13(23-16(12)24)8-19-15-14-9-22-25(18(2,3)4)17(14)21-11-20-15/h5-7,9-11H,8H2,1-4H3,(H,19,20,21). The molecule has 0 unspecified atom stereocenters. The fourth-order valence-electron chi connectivity index (χ4n) is 2.94. The fraction of sp³-hybridized carbons (Fsp3) is 0.333. The first-order valence-corrected chi connectivity index (χ1v) is 8.30. The molecule has 25 heavy (non-hydrogen) atoms. The molecule has 4 rings (SSSR count). The Kier molecular flexibility index (Phi) is 3.45. The predicted octanol–water partition coefficient (Wildman–Crippen LogP) is 3.15. The quantitative estimate of drug-likeness (QED) is 0.622. The third-order valence-electron chi connectivity index (χ3n) is 4.17. The van der Waals surface area contributed by atoms with Crippen molar-refractivity contribution in [3.8, 4) is 0 Å². The van der Waals surface area contributed by atoms with Crippen LogP contribution in [-0.2, 0) is 12.1 Å². The van der Waals surface area contributed by atoms with E-state index in [9.17, 15) is 0 Å². The van der Waals surface area contributed by atoms with Crippen LogP contribution in [0.4, 0.5) is 5.82 Å². The van der Waals surface area contributed by atoms with Crippen LogP contribution in [0.5, 0.6) is 0 Å². The fourth-order valence-corrected chi connectivity index (χ4v) is 2.94. The lowest BCUT2D eigenvalue weighted by Crippen LogP contribution is -2.23. The number of aromatic nitrogens is 6. The van der Waals surface area contributed by atoms with Gasteiger partial charge in [-0.3, -0.25) is 0 Å². The summed E-state index contributed by atoms with van der Waals surface area (Å²) in [5.41, 5.74) is 3.80. The lowest BCUT2D eigenvalue weighted by atomic mass is 10.1. The summed E-state index contributed by atoms with van der Waals surface area (Å²) in [6.07, 6.45) is 7.43. The summed E-state index contributed by atoms with van der Waals surface area (Å²) in [5, 5.41) is 8.77. The van der Waals surface area contributed by atoms with E-state index in [0.29, 0.717) is 6.54 Å². The molecule has 128 valence electrons. The Morgan fingerprint density at radius 2 is 2.00 bits per heavy atom. The van der Waals surface area contributed by atoms with Gasteiger partial charge in [0.05, 0.1) is 29.4 Å². The first-order valence-electron chi connectivity index (χ1n) is 8.30. The van der Waals surface area contributed by atoms with Crippen molar-refractivity contribution in [2.45, 2.75) is 39.8 Å². The third kappa shape index (κ3) is 2.71. The number of nitrogens with one attached hydrogen (secondary N) is 1. The first-order chi connectivity index (χ1) is 11.9. The molecule has 0 saturated carbocycles. The molecule has 7 nitrogen and oxygen atoms in total. The SMILES string of the molecule is Cc1cccn2cc(CNc3ncnc4c3cnn4C(C)(C)C)nc12. The third-order valence-corrected chi connectivity index (χ3v) is 4.17. The smallest absolute Gasteiger partial charge is 0.163 e. The average molecular weight is 335 g/mol. The lowest BCUT2D eigenvalue weighted by Gasteiger charge is -2.19. The van der Waals surface area contributed by atoms with Crippen LogP contribution in [0.15, 0.2) is 37.1 Å². The molecule has 0 atom stereocenters. The Balaban J connectivity index is 1.64. The highest BCUT2D eigenvalue weighted by Gasteiger charge is 2.19. The van der Waals surface area contributed by atoms with Crippen molar-refractivity contribution in [3.05, 3.63) is 48.3 Å². The maximum Gasteiger partial charge on any atom is 0.163 e. The van der Waals surface area contributed by atoms with Crippen molar-refractivity contribution in [3.63, 3.8) is 0 Å². The van der Waals surface area contributed by atoms with Gasteiger partial charge in [0.2, 0.25) is 0 Å². The van der Waals surface area contributed by atoms with Gasteiger partial charge < -0.3 is 9.72 Å². The summed E-state index contributed by atoms with van der Waals surface area (Å²) < 4.78 is 3.96. The molecule has 0 fully saturated rings. The van der Waals surface area contributed by atoms with Gasteiger partial charge in [0, 0.05) is 12.4 Å². The number of fused-ring (bicyclic) bond motifs is 2. The van der Waals surface area contributed by atoms with Crippen LogP contribution in [0.25, 0.3) is 16.7 Å². The van der Waals surface area contributed by atoms with Crippen LogP contribution < -0.4 is 5.32 Å². The maximum atomic E-state index is 4.69. The van der Waals surface area contributed by atoms with E-state index >= 15 is 0 Å². The van der Waals surface area contributed by atoms with Gasteiger partial charge in [-0.2, -0.15) is 5.10 Å². The molecule has 0 radical (unpaired) electrons. The summed E-state index contributed by atoms with van der Waals surface area (Å²) in [6.45, 7) is 8.97. The summed E-state index contributed by atoms with van der Waals surface area (Å²) in [4.78, 5) is 13.5. The van der Waals surface area contributed by atoms with Gasteiger partial charge in [-0.15, -0.1) is 0 Å². The van der Waals surface area contributed by atoms with Crippen LogP contribution in [0.2, 0.25) is 0 Å². The molecule has 7 heteroatoms. The molecule has 0 aliphatic heterocycles.